The Balaban J connectivity index is 1.81. The van der Waals surface area contributed by atoms with Gasteiger partial charge in [0, 0.05) is 49.8 Å². The van der Waals surface area contributed by atoms with Gasteiger partial charge in [-0.2, -0.15) is 0 Å². The molecule has 4 rings (SSSR count). The topological polar surface area (TPSA) is 167 Å². The molecule has 0 radical (unpaired) electrons. The van der Waals surface area contributed by atoms with Crippen LogP contribution in [-0.4, -0.2) is 64.5 Å². The van der Waals surface area contributed by atoms with Crippen LogP contribution < -0.4 is 16.0 Å². The number of nitrogens with one attached hydrogen (secondary N) is 1. The molecule has 1 aromatic carbocycles. The maximum absolute atomic E-state index is 13.8. The zero-order chi connectivity index (χ0) is 26.9. The largest absolute Gasteiger partial charge is 0.507 e. The monoisotopic (exact) mass is 499 g/mol. The lowest BCUT2D eigenvalue weighted by Crippen LogP contribution is -2.68. The van der Waals surface area contributed by atoms with Crippen LogP contribution in [0.2, 0.25) is 0 Å². The quantitative estimate of drug-likeness (QED) is 0.425. The highest BCUT2D eigenvalue weighted by Gasteiger charge is 2.66. The number of carbonyl (C=O) groups excluding carboxylic acids is 5. The first kappa shape index (κ1) is 26.0. The van der Waals surface area contributed by atoms with Crippen LogP contribution in [-0.2, 0) is 32.1 Å². The van der Waals surface area contributed by atoms with Gasteiger partial charge in [-0.15, -0.1) is 0 Å². The highest BCUT2D eigenvalue weighted by atomic mass is 16.3. The van der Waals surface area contributed by atoms with E-state index in [1.165, 1.54) is 0 Å². The number of primary amides is 1. The molecule has 36 heavy (non-hydrogen) atoms. The zero-order valence-corrected chi connectivity index (χ0v) is 21.2. The predicted molar refractivity (Wildman–Crippen MR) is 129 cm³/mol. The molecule has 1 aromatic rings. The summed E-state index contributed by atoms with van der Waals surface area (Å²) in [6, 6.07) is 1.81. The number of amides is 1. The third-order valence-corrected chi connectivity index (χ3v) is 7.75. The van der Waals surface area contributed by atoms with Crippen LogP contribution in [0.1, 0.15) is 55.1 Å². The summed E-state index contributed by atoms with van der Waals surface area (Å²) >= 11 is 0. The maximum atomic E-state index is 13.8. The number of hydrogen-bond donors (Lipinski definition) is 4. The second-order valence-electron chi connectivity index (χ2n) is 11.5. The number of Topliss-reactive ketones (excluding diaryl/α,β-unsaturated/α-hetero) is 4. The van der Waals surface area contributed by atoms with Crippen LogP contribution in [0.3, 0.4) is 0 Å². The van der Waals surface area contributed by atoms with Gasteiger partial charge in [-0.3, -0.25) is 24.0 Å². The average Bonchev–Trinajstić information content (AvgIpc) is 2.74. The van der Waals surface area contributed by atoms with Crippen molar-refractivity contribution in [2.45, 2.75) is 57.7 Å². The van der Waals surface area contributed by atoms with Crippen LogP contribution >= 0.6 is 0 Å². The fourth-order valence-corrected chi connectivity index (χ4v) is 5.96. The molecule has 2 saturated carbocycles. The van der Waals surface area contributed by atoms with Gasteiger partial charge in [0.1, 0.15) is 5.75 Å². The molecule has 0 aromatic heterocycles. The SMILES string of the molecule is CN(C)c1cc(CNC(C)(C)C)c(O)c2c1C[C@H]1C[C@H]3CC(=O)C(C(N)=O)C(=O)[C@@]3(O)C(=O)C1C2=O. The molecule has 0 bridgehead atoms. The molecular weight excluding hydrogens is 466 g/mol. The number of phenolic OH excluding ortho intramolecular Hbond substituents is 1. The van der Waals surface area contributed by atoms with Crippen molar-refractivity contribution in [3.8, 4) is 5.75 Å². The van der Waals surface area contributed by atoms with E-state index in [1.54, 1.807) is 0 Å². The average molecular weight is 500 g/mol. The number of rotatable bonds is 4. The first-order valence-corrected chi connectivity index (χ1v) is 12.1. The summed E-state index contributed by atoms with van der Waals surface area (Å²) < 4.78 is 0. The van der Waals surface area contributed by atoms with Crippen molar-refractivity contribution in [1.29, 1.82) is 0 Å². The van der Waals surface area contributed by atoms with Gasteiger partial charge < -0.3 is 26.2 Å². The highest BCUT2D eigenvalue weighted by molar-refractivity contribution is 6.31. The number of phenols is 1. The van der Waals surface area contributed by atoms with E-state index in [9.17, 15) is 34.2 Å². The molecule has 2 fully saturated rings. The first-order chi connectivity index (χ1) is 16.6. The van der Waals surface area contributed by atoms with Gasteiger partial charge in [0.2, 0.25) is 5.91 Å². The predicted octanol–water partition coefficient (Wildman–Crippen LogP) is 0.281. The Morgan fingerprint density at radius 2 is 1.81 bits per heavy atom. The number of anilines is 1. The third kappa shape index (κ3) is 3.83. The number of hydrogen-bond acceptors (Lipinski definition) is 9. The number of aliphatic hydroxyl groups is 1. The number of nitrogens with two attached hydrogens (primary N) is 1. The summed E-state index contributed by atoms with van der Waals surface area (Å²) in [5, 5.41) is 25.8. The lowest BCUT2D eigenvalue weighted by atomic mass is 9.53. The lowest BCUT2D eigenvalue weighted by Gasteiger charge is -2.48. The smallest absolute Gasteiger partial charge is 0.235 e. The minimum absolute atomic E-state index is 0.00865. The standard InChI is InChI=1S/C26H33N3O7/c1-25(2,3)28-10-12-8-15(29(4)5)14-7-11-6-13-9-16(30)19(24(27)35)23(34)26(13,36)22(33)17(11)21(32)18(14)20(12)31/h8,11,13,17,19,28,31,36H,6-7,9-10H2,1-5H3,(H2,27,35)/t11-,13+,17?,19?,26+/m1/s1. The van der Waals surface area contributed by atoms with Gasteiger partial charge in [0.05, 0.1) is 11.5 Å². The Kier molecular flexibility index (Phi) is 6.12. The lowest BCUT2D eigenvalue weighted by molar-refractivity contribution is -0.175. The Hall–Kier alpha value is -3.11. The van der Waals surface area contributed by atoms with Crippen molar-refractivity contribution in [2.75, 3.05) is 19.0 Å². The van der Waals surface area contributed by atoms with Gasteiger partial charge >= 0.3 is 0 Å². The van der Waals surface area contributed by atoms with Crippen molar-refractivity contribution < 1.29 is 34.2 Å². The van der Waals surface area contributed by atoms with E-state index in [-0.39, 0.29) is 42.7 Å². The van der Waals surface area contributed by atoms with E-state index in [2.05, 4.69) is 5.32 Å². The highest BCUT2D eigenvalue weighted by Crippen LogP contribution is 2.51. The Morgan fingerprint density at radius 3 is 2.36 bits per heavy atom. The van der Waals surface area contributed by atoms with Crippen molar-refractivity contribution in [2.24, 2.45) is 29.4 Å². The molecule has 5 atom stereocenters. The molecule has 2 unspecified atom stereocenters. The van der Waals surface area contributed by atoms with Crippen LogP contribution in [0.25, 0.3) is 0 Å². The fourth-order valence-electron chi connectivity index (χ4n) is 5.96. The van der Waals surface area contributed by atoms with Crippen LogP contribution in [0.5, 0.6) is 5.75 Å². The van der Waals surface area contributed by atoms with Gasteiger partial charge in [0.25, 0.3) is 0 Å². The van der Waals surface area contributed by atoms with E-state index in [4.69, 9.17) is 5.73 Å². The summed E-state index contributed by atoms with van der Waals surface area (Å²) in [4.78, 5) is 66.6. The molecule has 0 saturated heterocycles. The van der Waals surface area contributed by atoms with Crippen molar-refractivity contribution >= 4 is 34.7 Å². The molecule has 1 amide bonds. The summed E-state index contributed by atoms with van der Waals surface area (Å²) in [5.74, 6) is -10.0. The van der Waals surface area contributed by atoms with E-state index >= 15 is 0 Å². The Labute approximate surface area is 209 Å². The number of aromatic hydroxyl groups is 1. The van der Waals surface area contributed by atoms with Crippen molar-refractivity contribution in [1.82, 2.24) is 5.32 Å². The molecule has 3 aliphatic rings. The molecule has 0 spiro atoms. The molecular formula is C26H33N3O7. The Bertz CT molecular complexity index is 1200. The van der Waals surface area contributed by atoms with Crippen LogP contribution in [0.4, 0.5) is 5.69 Å². The fraction of sp³-hybridized carbons (Fsp3) is 0.577. The minimum Gasteiger partial charge on any atom is -0.507 e. The van der Waals surface area contributed by atoms with E-state index in [0.29, 0.717) is 11.1 Å². The summed E-state index contributed by atoms with van der Waals surface area (Å²) in [6.07, 6.45) is -0.0309. The molecule has 10 nitrogen and oxygen atoms in total. The van der Waals surface area contributed by atoms with Crippen LogP contribution in [0.15, 0.2) is 6.07 Å². The summed E-state index contributed by atoms with van der Waals surface area (Å²) in [7, 11) is 3.63. The third-order valence-electron chi connectivity index (χ3n) is 7.75. The molecule has 0 heterocycles. The van der Waals surface area contributed by atoms with Gasteiger partial charge in [-0.1, -0.05) is 0 Å². The molecule has 0 aliphatic heterocycles. The molecule has 3 aliphatic carbocycles. The van der Waals surface area contributed by atoms with Gasteiger partial charge in [-0.05, 0) is 51.2 Å². The van der Waals surface area contributed by atoms with Gasteiger partial charge in [-0.25, -0.2) is 0 Å². The maximum Gasteiger partial charge on any atom is 0.235 e. The Morgan fingerprint density at radius 1 is 1.17 bits per heavy atom. The van der Waals surface area contributed by atoms with E-state index in [0.717, 1.165) is 5.69 Å². The van der Waals surface area contributed by atoms with Crippen molar-refractivity contribution in [3.05, 3.63) is 22.8 Å². The summed E-state index contributed by atoms with van der Waals surface area (Å²) in [5.41, 5.74) is 4.11. The minimum atomic E-state index is -2.65. The number of ketones is 4. The second-order valence-corrected chi connectivity index (χ2v) is 11.5. The molecule has 10 heteroatoms. The number of nitrogens with zero attached hydrogens (tertiary/aromatic N) is 1. The molecule has 194 valence electrons. The zero-order valence-electron chi connectivity index (χ0n) is 21.2. The number of fused-ring (bicyclic) bond motifs is 3. The summed E-state index contributed by atoms with van der Waals surface area (Å²) in [6.45, 7) is 6.17. The van der Waals surface area contributed by atoms with E-state index in [1.807, 2.05) is 45.8 Å². The normalized spacial score (nSPS) is 29.9. The van der Waals surface area contributed by atoms with Gasteiger partial charge in [0.15, 0.2) is 34.7 Å². The number of benzene rings is 1. The van der Waals surface area contributed by atoms with E-state index < -0.39 is 58.3 Å². The van der Waals surface area contributed by atoms with Crippen molar-refractivity contribution in [3.63, 3.8) is 0 Å². The second kappa shape index (κ2) is 8.48. The van der Waals surface area contributed by atoms with Crippen LogP contribution in [0, 0.1) is 23.7 Å². The first-order valence-electron chi connectivity index (χ1n) is 12.1. The number of carbonyl (C=O) groups is 5. The molecule has 5 N–H and O–H groups in total.